The summed E-state index contributed by atoms with van der Waals surface area (Å²) < 4.78 is 31.0. The van der Waals surface area contributed by atoms with Crippen LogP contribution in [0.5, 0.6) is 0 Å². The number of hydrogen-bond donors (Lipinski definition) is 2. The van der Waals surface area contributed by atoms with Gasteiger partial charge in [-0.2, -0.15) is 8.78 Å². The van der Waals surface area contributed by atoms with E-state index in [1.165, 1.54) is 31.5 Å². The number of fused-ring (bicyclic) bond motifs is 3. The molecule has 1 saturated carbocycles. The zero-order valence-corrected chi connectivity index (χ0v) is 30.9. The van der Waals surface area contributed by atoms with Crippen LogP contribution < -0.4 is 10.2 Å². The Labute approximate surface area is 308 Å². The summed E-state index contributed by atoms with van der Waals surface area (Å²) in [7, 11) is 0. The maximum Gasteiger partial charge on any atom is 0.251 e. The molecular weight excluding hydrogens is 678 g/mol. The van der Waals surface area contributed by atoms with Crippen LogP contribution in [0.1, 0.15) is 84.2 Å². The number of rotatable bonds is 8. The number of nitrogens with one attached hydrogen (secondary N) is 1. The van der Waals surface area contributed by atoms with E-state index in [1.807, 2.05) is 47.6 Å². The first-order valence-corrected chi connectivity index (χ1v) is 19.0. The Kier molecular flexibility index (Phi) is 9.00. The van der Waals surface area contributed by atoms with Crippen LogP contribution in [0.4, 0.5) is 26.0 Å². The largest absolute Gasteiger partial charge is 0.395 e. The highest BCUT2D eigenvalue weighted by Gasteiger charge is 2.56. The Morgan fingerprint density at radius 1 is 1.02 bits per heavy atom. The molecule has 4 aliphatic rings. The molecule has 1 aliphatic carbocycles. The van der Waals surface area contributed by atoms with E-state index >= 15 is 0 Å². The molecule has 1 aromatic carbocycles. The predicted octanol–water partition coefficient (Wildman–Crippen LogP) is 6.34. The Morgan fingerprint density at radius 3 is 2.45 bits per heavy atom. The average molecular weight is 727 g/mol. The van der Waals surface area contributed by atoms with E-state index in [9.17, 15) is 23.5 Å². The third-order valence-electron chi connectivity index (χ3n) is 12.1. The van der Waals surface area contributed by atoms with Gasteiger partial charge < -0.3 is 29.7 Å². The molecule has 11 nitrogen and oxygen atoms in total. The lowest BCUT2D eigenvalue weighted by atomic mass is 9.73. The van der Waals surface area contributed by atoms with E-state index in [4.69, 9.17) is 4.98 Å². The Hall–Kier alpha value is -4.49. The van der Waals surface area contributed by atoms with Crippen LogP contribution in [0.2, 0.25) is 0 Å². The monoisotopic (exact) mass is 726 g/mol. The molecular formula is C40H48F2N8O3. The number of pyridine rings is 2. The van der Waals surface area contributed by atoms with Crippen molar-refractivity contribution in [1.29, 1.82) is 0 Å². The molecule has 0 unspecified atom stereocenters. The van der Waals surface area contributed by atoms with Crippen molar-refractivity contribution >= 4 is 40.0 Å². The number of aliphatic hydroxyl groups is 1. The van der Waals surface area contributed by atoms with Crippen molar-refractivity contribution in [2.75, 3.05) is 43.0 Å². The molecule has 13 heteroatoms. The van der Waals surface area contributed by atoms with Crippen LogP contribution in [-0.4, -0.2) is 91.1 Å². The minimum absolute atomic E-state index is 0.0237. The number of piperidine rings is 2. The molecule has 6 heterocycles. The highest BCUT2D eigenvalue weighted by atomic mass is 19.2. The van der Waals surface area contributed by atoms with Gasteiger partial charge in [0.15, 0.2) is 5.82 Å². The molecule has 1 spiro atoms. The number of carbonyl (C=O) groups is 2. The summed E-state index contributed by atoms with van der Waals surface area (Å²) in [5.41, 5.74) is 2.75. The van der Waals surface area contributed by atoms with E-state index in [0.29, 0.717) is 54.5 Å². The minimum Gasteiger partial charge on any atom is -0.395 e. The summed E-state index contributed by atoms with van der Waals surface area (Å²) in [5, 5.41) is 12.9. The van der Waals surface area contributed by atoms with Crippen molar-refractivity contribution in [1.82, 2.24) is 29.3 Å². The fourth-order valence-corrected chi connectivity index (χ4v) is 8.86. The molecule has 0 atom stereocenters. The number of aliphatic hydroxyl groups excluding tert-OH is 1. The maximum absolute atomic E-state index is 14.9. The lowest BCUT2D eigenvalue weighted by Gasteiger charge is -2.48. The number of amides is 2. The van der Waals surface area contributed by atoms with Crippen LogP contribution in [0, 0.1) is 17.2 Å². The number of imidazole rings is 1. The van der Waals surface area contributed by atoms with Crippen molar-refractivity contribution in [2.45, 2.75) is 96.2 Å². The van der Waals surface area contributed by atoms with Crippen LogP contribution in [0.3, 0.4) is 0 Å². The summed E-state index contributed by atoms with van der Waals surface area (Å²) in [4.78, 5) is 47.7. The summed E-state index contributed by atoms with van der Waals surface area (Å²) >= 11 is 0. The van der Waals surface area contributed by atoms with E-state index in [2.05, 4.69) is 20.2 Å². The molecule has 3 aliphatic heterocycles. The van der Waals surface area contributed by atoms with Gasteiger partial charge in [-0.05, 0) is 103 Å². The number of nitrogens with zero attached hydrogens (tertiary/aromatic N) is 7. The van der Waals surface area contributed by atoms with E-state index in [0.717, 1.165) is 42.7 Å². The molecule has 280 valence electrons. The Balaban J connectivity index is 1.18. The summed E-state index contributed by atoms with van der Waals surface area (Å²) in [6, 6.07) is 9.88. The highest BCUT2D eigenvalue weighted by Crippen LogP contribution is 2.52. The van der Waals surface area contributed by atoms with Crippen LogP contribution >= 0.6 is 0 Å². The Bertz CT molecular complexity index is 2060. The third-order valence-corrected chi connectivity index (χ3v) is 12.1. The van der Waals surface area contributed by atoms with Gasteiger partial charge in [0.25, 0.3) is 5.95 Å². The molecule has 53 heavy (non-hydrogen) atoms. The predicted molar refractivity (Wildman–Crippen MR) is 199 cm³/mol. The fourth-order valence-electron chi connectivity index (χ4n) is 8.86. The van der Waals surface area contributed by atoms with Gasteiger partial charge in [-0.15, -0.1) is 0 Å². The summed E-state index contributed by atoms with van der Waals surface area (Å²) in [6.07, 6.45) is 9.46. The van der Waals surface area contributed by atoms with Crippen LogP contribution in [0.15, 0.2) is 42.9 Å². The van der Waals surface area contributed by atoms with Crippen molar-refractivity contribution in [3.63, 3.8) is 0 Å². The average Bonchev–Trinajstić information content (AvgIpc) is 3.68. The van der Waals surface area contributed by atoms with Gasteiger partial charge in [-0.1, -0.05) is 18.6 Å². The van der Waals surface area contributed by atoms with Crippen molar-refractivity contribution in [3.8, 4) is 11.3 Å². The van der Waals surface area contributed by atoms with Gasteiger partial charge in [0.1, 0.15) is 5.52 Å². The van der Waals surface area contributed by atoms with Gasteiger partial charge in [0.05, 0.1) is 40.7 Å². The van der Waals surface area contributed by atoms with Gasteiger partial charge in [-0.25, -0.2) is 15.0 Å². The van der Waals surface area contributed by atoms with Crippen molar-refractivity contribution < 1.29 is 23.5 Å². The van der Waals surface area contributed by atoms with Crippen molar-refractivity contribution in [3.05, 3.63) is 60.2 Å². The fraction of sp³-hybridized carbons (Fsp3) is 0.525. The second kappa shape index (κ2) is 13.4. The SMILES string of the molecule is CC(C)n1cnc2cc(-c3ccc4c(c3)N(C3CC(N5CCCCC5)C3)C(=O)C43CCN(C(=O)C(C)(C)CO)CC3)nc(Nc3ccnc(F)c3F)c21. The number of benzene rings is 1. The first-order chi connectivity index (χ1) is 25.4. The first-order valence-electron chi connectivity index (χ1n) is 19.0. The zero-order chi connectivity index (χ0) is 37.2. The Morgan fingerprint density at radius 2 is 1.75 bits per heavy atom. The zero-order valence-electron chi connectivity index (χ0n) is 30.9. The first kappa shape index (κ1) is 35.5. The normalized spacial score (nSPS) is 21.8. The molecule has 2 saturated heterocycles. The third kappa shape index (κ3) is 5.96. The molecule has 2 amide bonds. The van der Waals surface area contributed by atoms with E-state index < -0.39 is 22.6 Å². The molecule has 4 aromatic rings. The smallest absolute Gasteiger partial charge is 0.251 e. The molecule has 8 rings (SSSR count). The molecule has 3 fully saturated rings. The van der Waals surface area contributed by atoms with Gasteiger partial charge in [-0.3, -0.25) is 9.59 Å². The lowest BCUT2D eigenvalue weighted by molar-refractivity contribution is -0.145. The van der Waals surface area contributed by atoms with E-state index in [1.54, 1.807) is 25.1 Å². The number of aromatic nitrogens is 4. The molecule has 3 aromatic heterocycles. The molecule has 2 N–H and O–H groups in total. The summed E-state index contributed by atoms with van der Waals surface area (Å²) in [6.45, 7) is 10.4. The second-order valence-corrected chi connectivity index (χ2v) is 16.3. The molecule has 0 radical (unpaired) electrons. The van der Waals surface area contributed by atoms with Crippen LogP contribution in [0.25, 0.3) is 22.3 Å². The van der Waals surface area contributed by atoms with Gasteiger partial charge >= 0.3 is 0 Å². The van der Waals surface area contributed by atoms with Gasteiger partial charge in [0, 0.05) is 48.7 Å². The topological polar surface area (TPSA) is 120 Å². The standard InChI is InChI=1S/C40H48F2N8O3/c1-24(2)49-23-44-31-21-30(46-36(34(31)49)45-29-10-13-43-35(42)33(29)41)25-8-9-28-32(18-25)50(27-19-26(20-27)47-14-6-5-7-15-47)38(53)40(28)11-16-48(17-12-40)37(52)39(3,4)22-51/h8-10,13,18,21,23-24,26-27,51H,5-7,11-12,14-17,19-20,22H2,1-4H3,(H,43,45,46). The number of carbonyl (C=O) groups excluding carboxylic acids is 2. The van der Waals surface area contributed by atoms with Crippen LogP contribution in [-0.2, 0) is 15.0 Å². The van der Waals surface area contributed by atoms with Gasteiger partial charge in [0.2, 0.25) is 17.6 Å². The lowest BCUT2D eigenvalue weighted by Crippen LogP contribution is -2.58. The van der Waals surface area contributed by atoms with Crippen molar-refractivity contribution in [2.24, 2.45) is 5.41 Å². The molecule has 0 bridgehead atoms. The number of halogens is 2. The summed E-state index contributed by atoms with van der Waals surface area (Å²) in [5.74, 6) is -1.99. The number of likely N-dealkylation sites (tertiary alicyclic amines) is 2. The minimum atomic E-state index is -1.21. The number of hydrogen-bond acceptors (Lipinski definition) is 8. The quantitative estimate of drug-likeness (QED) is 0.202. The maximum atomic E-state index is 14.9. The highest BCUT2D eigenvalue weighted by molar-refractivity contribution is 6.09. The second-order valence-electron chi connectivity index (χ2n) is 16.3. The number of anilines is 3. The van der Waals surface area contributed by atoms with E-state index in [-0.39, 0.29) is 36.2 Å².